The summed E-state index contributed by atoms with van der Waals surface area (Å²) in [6, 6.07) is -0.326. The van der Waals surface area contributed by atoms with Crippen molar-refractivity contribution in [1.82, 2.24) is 10.3 Å². The zero-order valence-corrected chi connectivity index (χ0v) is 9.10. The molecule has 1 fully saturated rings. The molecule has 1 aliphatic carbocycles. The highest BCUT2D eigenvalue weighted by Crippen LogP contribution is 2.21. The summed E-state index contributed by atoms with van der Waals surface area (Å²) in [5, 5.41) is 4.37. The van der Waals surface area contributed by atoms with Crippen molar-refractivity contribution in [2.45, 2.75) is 37.9 Å². The number of rotatable bonds is 2. The van der Waals surface area contributed by atoms with Crippen molar-refractivity contribution >= 4 is 17.2 Å². The molecule has 1 aliphatic rings. The van der Waals surface area contributed by atoms with Gasteiger partial charge >= 0.3 is 0 Å². The van der Waals surface area contributed by atoms with Gasteiger partial charge in [-0.15, -0.1) is 11.3 Å². The van der Waals surface area contributed by atoms with Crippen LogP contribution in [0.25, 0.3) is 0 Å². The zero-order valence-electron chi connectivity index (χ0n) is 8.28. The van der Waals surface area contributed by atoms with E-state index in [-0.39, 0.29) is 11.9 Å². The number of hydrogen-bond acceptors (Lipinski definition) is 3. The van der Waals surface area contributed by atoms with Gasteiger partial charge in [-0.25, -0.2) is 9.37 Å². The predicted molar refractivity (Wildman–Crippen MR) is 56.7 cm³/mol. The first kappa shape index (κ1) is 10.5. The van der Waals surface area contributed by atoms with Gasteiger partial charge in [0.25, 0.3) is 5.91 Å². The lowest BCUT2D eigenvalue weighted by molar-refractivity contribution is 0.0879. The molecule has 1 heterocycles. The summed E-state index contributed by atoms with van der Waals surface area (Å²) < 4.78 is 13.4. The molecule has 1 N–H and O–H groups in total. The first-order valence-corrected chi connectivity index (χ1v) is 6.05. The number of alkyl halides is 1. The van der Waals surface area contributed by atoms with Gasteiger partial charge in [0.2, 0.25) is 0 Å². The van der Waals surface area contributed by atoms with Crippen molar-refractivity contribution in [3.8, 4) is 0 Å². The Labute approximate surface area is 91.7 Å². The van der Waals surface area contributed by atoms with Gasteiger partial charge in [0.05, 0.1) is 11.6 Å². The monoisotopic (exact) mass is 228 g/mol. The Morgan fingerprint density at radius 2 is 2.33 bits per heavy atom. The SMILES string of the molecule is O=C(N[C@H]1CCCC[C@@H]1F)c1cscn1. The number of carbonyl (C=O) groups excluding carboxylic acids is 1. The van der Waals surface area contributed by atoms with Gasteiger partial charge in [-0.1, -0.05) is 12.8 Å². The molecular weight excluding hydrogens is 215 g/mol. The van der Waals surface area contributed by atoms with Gasteiger partial charge in [0.1, 0.15) is 11.9 Å². The minimum absolute atomic E-state index is 0.259. The van der Waals surface area contributed by atoms with E-state index in [0.717, 1.165) is 19.3 Å². The number of halogens is 1. The van der Waals surface area contributed by atoms with Crippen molar-refractivity contribution < 1.29 is 9.18 Å². The van der Waals surface area contributed by atoms with E-state index in [9.17, 15) is 9.18 Å². The molecule has 1 amide bonds. The molecule has 0 bridgehead atoms. The summed E-state index contributed by atoms with van der Waals surface area (Å²) in [5.41, 5.74) is 1.99. The van der Waals surface area contributed by atoms with Crippen LogP contribution in [0.4, 0.5) is 4.39 Å². The summed E-state index contributed by atoms with van der Waals surface area (Å²) in [4.78, 5) is 15.5. The Morgan fingerprint density at radius 1 is 1.53 bits per heavy atom. The van der Waals surface area contributed by atoms with E-state index in [4.69, 9.17) is 0 Å². The van der Waals surface area contributed by atoms with E-state index in [2.05, 4.69) is 10.3 Å². The van der Waals surface area contributed by atoms with Crippen LogP contribution in [0.1, 0.15) is 36.2 Å². The number of aromatic nitrogens is 1. The van der Waals surface area contributed by atoms with Gasteiger partial charge in [-0.2, -0.15) is 0 Å². The van der Waals surface area contributed by atoms with Crippen molar-refractivity contribution in [2.24, 2.45) is 0 Å². The number of hydrogen-bond donors (Lipinski definition) is 1. The fourth-order valence-corrected chi connectivity index (χ4v) is 2.35. The molecule has 0 aliphatic heterocycles. The van der Waals surface area contributed by atoms with Crippen molar-refractivity contribution in [3.63, 3.8) is 0 Å². The average Bonchev–Trinajstić information content (AvgIpc) is 2.74. The highest BCUT2D eigenvalue weighted by Gasteiger charge is 2.26. The smallest absolute Gasteiger partial charge is 0.271 e. The first-order valence-electron chi connectivity index (χ1n) is 5.10. The van der Waals surface area contributed by atoms with E-state index in [1.165, 1.54) is 11.3 Å². The Balaban J connectivity index is 1.93. The average molecular weight is 228 g/mol. The third-order valence-electron chi connectivity index (χ3n) is 2.66. The molecule has 0 unspecified atom stereocenters. The molecule has 1 saturated carbocycles. The molecule has 3 nitrogen and oxygen atoms in total. The summed E-state index contributed by atoms with van der Waals surface area (Å²) in [5.74, 6) is -0.259. The molecule has 0 radical (unpaired) electrons. The second-order valence-electron chi connectivity index (χ2n) is 3.75. The quantitative estimate of drug-likeness (QED) is 0.842. The highest BCUT2D eigenvalue weighted by molar-refractivity contribution is 7.07. The van der Waals surface area contributed by atoms with Crippen molar-refractivity contribution in [2.75, 3.05) is 0 Å². The van der Waals surface area contributed by atoms with Crippen LogP contribution < -0.4 is 5.32 Å². The molecule has 82 valence electrons. The number of nitrogens with zero attached hydrogens (tertiary/aromatic N) is 1. The van der Waals surface area contributed by atoms with Crippen LogP contribution >= 0.6 is 11.3 Å². The maximum atomic E-state index is 13.4. The van der Waals surface area contributed by atoms with Gasteiger partial charge < -0.3 is 5.32 Å². The Morgan fingerprint density at radius 3 is 3.00 bits per heavy atom. The Bertz CT molecular complexity index is 328. The molecule has 1 aromatic heterocycles. The zero-order chi connectivity index (χ0) is 10.7. The number of nitrogens with one attached hydrogen (secondary N) is 1. The van der Waals surface area contributed by atoms with Crippen LogP contribution in [0.15, 0.2) is 10.9 Å². The molecule has 1 aromatic rings. The molecule has 2 atom stereocenters. The minimum Gasteiger partial charge on any atom is -0.345 e. The lowest BCUT2D eigenvalue weighted by Crippen LogP contribution is -2.43. The number of carbonyl (C=O) groups is 1. The van der Waals surface area contributed by atoms with Crippen LogP contribution in [0.5, 0.6) is 0 Å². The molecule has 5 heteroatoms. The third kappa shape index (κ3) is 2.53. The summed E-state index contributed by atoms with van der Waals surface area (Å²) in [7, 11) is 0. The molecule has 15 heavy (non-hydrogen) atoms. The summed E-state index contributed by atoms with van der Waals surface area (Å²) in [6.45, 7) is 0. The maximum absolute atomic E-state index is 13.4. The highest BCUT2D eigenvalue weighted by atomic mass is 32.1. The lowest BCUT2D eigenvalue weighted by atomic mass is 9.93. The van der Waals surface area contributed by atoms with Crippen LogP contribution in [0, 0.1) is 0 Å². The topological polar surface area (TPSA) is 42.0 Å². The van der Waals surface area contributed by atoms with E-state index < -0.39 is 6.17 Å². The van der Waals surface area contributed by atoms with Crippen molar-refractivity contribution in [3.05, 3.63) is 16.6 Å². The van der Waals surface area contributed by atoms with Crippen LogP contribution in [0.3, 0.4) is 0 Å². The van der Waals surface area contributed by atoms with Crippen LogP contribution in [-0.4, -0.2) is 23.1 Å². The summed E-state index contributed by atoms with van der Waals surface area (Å²) >= 11 is 1.37. The predicted octanol–water partition coefficient (Wildman–Crippen LogP) is 2.15. The third-order valence-corrected chi connectivity index (χ3v) is 3.25. The molecule has 0 saturated heterocycles. The van der Waals surface area contributed by atoms with Crippen LogP contribution in [-0.2, 0) is 0 Å². The van der Waals surface area contributed by atoms with Crippen molar-refractivity contribution in [1.29, 1.82) is 0 Å². The molecule has 2 rings (SSSR count). The van der Waals surface area contributed by atoms with E-state index in [1.54, 1.807) is 10.9 Å². The lowest BCUT2D eigenvalue weighted by Gasteiger charge is -2.26. The number of amides is 1. The first-order chi connectivity index (χ1) is 7.27. The molecule has 0 aromatic carbocycles. The standard InChI is InChI=1S/C10H13FN2OS/c11-7-3-1-2-4-8(7)13-10(14)9-5-15-6-12-9/h5-8H,1-4H2,(H,13,14)/t7-,8-/m0/s1. The number of thiazole rings is 1. The van der Waals surface area contributed by atoms with E-state index >= 15 is 0 Å². The van der Waals surface area contributed by atoms with Gasteiger partial charge in [0.15, 0.2) is 0 Å². The van der Waals surface area contributed by atoms with Gasteiger partial charge in [0, 0.05) is 5.38 Å². The minimum atomic E-state index is -0.902. The van der Waals surface area contributed by atoms with Gasteiger partial charge in [-0.05, 0) is 12.8 Å². The molecule has 0 spiro atoms. The second kappa shape index (κ2) is 4.70. The Kier molecular flexibility index (Phi) is 3.30. The molecular formula is C10H13FN2OS. The second-order valence-corrected chi connectivity index (χ2v) is 4.47. The van der Waals surface area contributed by atoms with Crippen LogP contribution in [0.2, 0.25) is 0 Å². The Hall–Kier alpha value is -0.970. The normalized spacial score (nSPS) is 26.2. The maximum Gasteiger partial charge on any atom is 0.271 e. The van der Waals surface area contributed by atoms with E-state index in [0.29, 0.717) is 12.1 Å². The summed E-state index contributed by atoms with van der Waals surface area (Å²) in [6.07, 6.45) is 2.30. The van der Waals surface area contributed by atoms with E-state index in [1.807, 2.05) is 0 Å². The largest absolute Gasteiger partial charge is 0.345 e. The fraction of sp³-hybridized carbons (Fsp3) is 0.600. The fourth-order valence-electron chi connectivity index (χ4n) is 1.82. The van der Waals surface area contributed by atoms with Gasteiger partial charge in [-0.3, -0.25) is 4.79 Å².